The van der Waals surface area contributed by atoms with Crippen LogP contribution in [0.1, 0.15) is 61.8 Å². The summed E-state index contributed by atoms with van der Waals surface area (Å²) in [5, 5.41) is 9.02. The van der Waals surface area contributed by atoms with E-state index in [1.807, 2.05) is 36.8 Å². The molecule has 2 aromatic rings. The van der Waals surface area contributed by atoms with Gasteiger partial charge in [0, 0.05) is 45.5 Å². The van der Waals surface area contributed by atoms with Crippen molar-refractivity contribution in [2.75, 3.05) is 26.2 Å². The van der Waals surface area contributed by atoms with E-state index in [2.05, 4.69) is 25.4 Å². The van der Waals surface area contributed by atoms with Gasteiger partial charge in [0.25, 0.3) is 0 Å². The third-order valence-corrected chi connectivity index (χ3v) is 8.99. The smallest absolute Gasteiger partial charge is 0.228 e. The molecule has 2 heterocycles. The summed E-state index contributed by atoms with van der Waals surface area (Å²) in [5.41, 5.74) is 3.03. The molecule has 0 spiro atoms. The number of rotatable bonds is 5. The predicted octanol–water partition coefficient (Wildman–Crippen LogP) is 4.05. The van der Waals surface area contributed by atoms with E-state index in [0.717, 1.165) is 82.7 Å². The Balaban J connectivity index is 1.08. The van der Waals surface area contributed by atoms with Crippen LogP contribution < -0.4 is 0 Å². The van der Waals surface area contributed by atoms with Crippen molar-refractivity contribution in [3.8, 4) is 6.07 Å². The average Bonchev–Trinajstić information content (AvgIpc) is 3.12. The second-order valence-electron chi connectivity index (χ2n) is 11.4. The maximum atomic E-state index is 13.8. The number of amides is 1. The molecule has 4 saturated carbocycles. The van der Waals surface area contributed by atoms with Gasteiger partial charge in [-0.15, -0.1) is 0 Å². The van der Waals surface area contributed by atoms with Crippen LogP contribution in [0, 0.1) is 34.5 Å². The molecule has 0 unspecified atom stereocenters. The molecule has 178 valence electrons. The average molecular weight is 458 g/mol. The van der Waals surface area contributed by atoms with Crippen molar-refractivity contribution >= 4 is 5.91 Å². The molecule has 1 aliphatic heterocycles. The number of carbonyl (C=O) groups is 1. The Kier molecular flexibility index (Phi) is 5.69. The Morgan fingerprint density at radius 1 is 0.971 bits per heavy atom. The highest BCUT2D eigenvalue weighted by Gasteiger charge is 2.55. The molecule has 0 N–H and O–H groups in total. The number of nitriles is 1. The minimum absolute atomic E-state index is 0.0242. The number of hydrogen-bond acceptors (Lipinski definition) is 4. The predicted molar refractivity (Wildman–Crippen MR) is 130 cm³/mol. The van der Waals surface area contributed by atoms with Gasteiger partial charge in [-0.3, -0.25) is 9.69 Å². The highest BCUT2D eigenvalue weighted by atomic mass is 16.2. The lowest BCUT2D eigenvalue weighted by Gasteiger charge is -2.56. The van der Waals surface area contributed by atoms with Gasteiger partial charge in [0.05, 0.1) is 29.1 Å². The topological polar surface area (TPSA) is 65.2 Å². The van der Waals surface area contributed by atoms with Crippen molar-refractivity contribution in [1.29, 1.82) is 5.26 Å². The number of imidazole rings is 1. The highest BCUT2D eigenvalue weighted by molar-refractivity contribution is 5.83. The fourth-order valence-corrected chi connectivity index (χ4v) is 7.77. The summed E-state index contributed by atoms with van der Waals surface area (Å²) in [5.74, 6) is 2.93. The van der Waals surface area contributed by atoms with E-state index in [0.29, 0.717) is 11.5 Å². The Morgan fingerprint density at radius 2 is 1.68 bits per heavy atom. The molecule has 1 saturated heterocycles. The summed E-state index contributed by atoms with van der Waals surface area (Å²) >= 11 is 0. The Morgan fingerprint density at radius 3 is 2.35 bits per heavy atom. The fraction of sp³-hybridized carbons (Fsp3) is 0.607. The quantitative estimate of drug-likeness (QED) is 0.679. The summed E-state index contributed by atoms with van der Waals surface area (Å²) in [7, 11) is 0. The van der Waals surface area contributed by atoms with Crippen molar-refractivity contribution < 1.29 is 4.79 Å². The third-order valence-electron chi connectivity index (χ3n) is 8.99. The molecular weight excluding hydrogens is 422 g/mol. The van der Waals surface area contributed by atoms with Crippen molar-refractivity contribution in [2.45, 2.75) is 58.0 Å². The van der Waals surface area contributed by atoms with Crippen LogP contribution in [0.15, 0.2) is 36.8 Å². The van der Waals surface area contributed by atoms with Crippen LogP contribution in [0.5, 0.6) is 0 Å². The first-order valence-electron chi connectivity index (χ1n) is 13.1. The van der Waals surface area contributed by atoms with Crippen molar-refractivity contribution in [1.82, 2.24) is 19.4 Å². The maximum absolute atomic E-state index is 13.8. The van der Waals surface area contributed by atoms with Crippen LogP contribution in [0.3, 0.4) is 0 Å². The van der Waals surface area contributed by atoms with Gasteiger partial charge in [-0.2, -0.15) is 5.26 Å². The number of benzene rings is 1. The first-order chi connectivity index (χ1) is 16.6. The molecule has 0 radical (unpaired) electrons. The van der Waals surface area contributed by atoms with Crippen LogP contribution in [0.4, 0.5) is 0 Å². The number of nitrogens with zero attached hydrogens (tertiary/aromatic N) is 5. The zero-order valence-electron chi connectivity index (χ0n) is 20.0. The first kappa shape index (κ1) is 21.9. The molecule has 0 atom stereocenters. The minimum Gasteiger partial charge on any atom is -0.341 e. The van der Waals surface area contributed by atoms with Gasteiger partial charge in [0.2, 0.25) is 5.91 Å². The summed E-state index contributed by atoms with van der Waals surface area (Å²) in [6, 6.07) is 9.95. The van der Waals surface area contributed by atoms with Crippen LogP contribution in [-0.4, -0.2) is 51.4 Å². The van der Waals surface area contributed by atoms with Crippen molar-refractivity contribution in [3.05, 3.63) is 53.6 Å². The molecule has 4 aliphatic carbocycles. The number of carbonyl (C=O) groups excluding carboxylic acids is 1. The van der Waals surface area contributed by atoms with Gasteiger partial charge in [-0.1, -0.05) is 12.1 Å². The Bertz CT molecular complexity index is 1050. The summed E-state index contributed by atoms with van der Waals surface area (Å²) in [6.45, 7) is 5.32. The summed E-state index contributed by atoms with van der Waals surface area (Å²) in [4.78, 5) is 22.9. The van der Waals surface area contributed by atoms with E-state index in [1.54, 1.807) is 0 Å². The van der Waals surface area contributed by atoms with E-state index in [-0.39, 0.29) is 5.41 Å². The molecule has 1 amide bonds. The molecule has 6 nitrogen and oxygen atoms in total. The van der Waals surface area contributed by atoms with Gasteiger partial charge in [-0.05, 0) is 80.4 Å². The molecule has 5 fully saturated rings. The van der Waals surface area contributed by atoms with Gasteiger partial charge in [-0.25, -0.2) is 4.98 Å². The van der Waals surface area contributed by atoms with Crippen molar-refractivity contribution in [3.63, 3.8) is 0 Å². The molecule has 1 aromatic heterocycles. The lowest BCUT2D eigenvalue weighted by molar-refractivity contribution is -0.157. The summed E-state index contributed by atoms with van der Waals surface area (Å²) < 4.78 is 2.20. The standard InChI is InChI=1S/C28H35N5O/c29-16-21-2-4-22(5-3-21)18-33-20-30-17-26(33)19-31-6-1-7-32(9-8-31)27(34)28-13-23-10-24(14-28)12-25(11-23)15-28/h2-5,17,20,23-25H,1,6-15,18-19H2. The van der Waals surface area contributed by atoms with E-state index >= 15 is 0 Å². The highest BCUT2D eigenvalue weighted by Crippen LogP contribution is 2.60. The molecule has 1 aromatic carbocycles. The van der Waals surface area contributed by atoms with Gasteiger partial charge in [0.1, 0.15) is 0 Å². The Labute approximate surface area is 202 Å². The lowest BCUT2D eigenvalue weighted by atomic mass is 9.49. The van der Waals surface area contributed by atoms with Crippen LogP contribution in [0.25, 0.3) is 0 Å². The van der Waals surface area contributed by atoms with E-state index in [1.165, 1.54) is 30.5 Å². The second kappa shape index (κ2) is 8.85. The van der Waals surface area contributed by atoms with Crippen LogP contribution in [0.2, 0.25) is 0 Å². The normalized spacial score (nSPS) is 30.8. The van der Waals surface area contributed by atoms with Crippen LogP contribution in [-0.2, 0) is 17.9 Å². The molecule has 5 aliphatic rings. The molecule has 7 rings (SSSR count). The van der Waals surface area contributed by atoms with Gasteiger partial charge >= 0.3 is 0 Å². The zero-order chi connectivity index (χ0) is 23.1. The molecule has 6 heteroatoms. The van der Waals surface area contributed by atoms with Crippen LogP contribution >= 0.6 is 0 Å². The third kappa shape index (κ3) is 4.15. The fourth-order valence-electron chi connectivity index (χ4n) is 7.77. The van der Waals surface area contributed by atoms with E-state index in [4.69, 9.17) is 5.26 Å². The lowest BCUT2D eigenvalue weighted by Crippen LogP contribution is -2.55. The molecular formula is C28H35N5O. The number of aromatic nitrogens is 2. The first-order valence-corrected chi connectivity index (χ1v) is 13.1. The second-order valence-corrected chi connectivity index (χ2v) is 11.4. The number of hydrogen-bond donors (Lipinski definition) is 0. The van der Waals surface area contributed by atoms with E-state index in [9.17, 15) is 4.79 Å². The van der Waals surface area contributed by atoms with Crippen molar-refractivity contribution in [2.24, 2.45) is 23.2 Å². The zero-order valence-corrected chi connectivity index (χ0v) is 20.0. The Hall–Kier alpha value is -2.65. The SMILES string of the molecule is N#Cc1ccc(Cn2cncc2CN2CCCN(C(=O)C34CC5CC(CC(C5)C3)C4)CC2)cc1. The summed E-state index contributed by atoms with van der Waals surface area (Å²) in [6.07, 6.45) is 12.5. The minimum atomic E-state index is -0.0242. The monoisotopic (exact) mass is 457 g/mol. The molecule has 4 bridgehead atoms. The maximum Gasteiger partial charge on any atom is 0.228 e. The molecule has 34 heavy (non-hydrogen) atoms. The van der Waals surface area contributed by atoms with Gasteiger partial charge < -0.3 is 9.47 Å². The largest absolute Gasteiger partial charge is 0.341 e. The van der Waals surface area contributed by atoms with Gasteiger partial charge in [0.15, 0.2) is 0 Å². The van der Waals surface area contributed by atoms with E-state index < -0.39 is 0 Å².